The minimum absolute atomic E-state index is 0.424. The van der Waals surface area contributed by atoms with Gasteiger partial charge in [0.15, 0.2) is 0 Å². The van der Waals surface area contributed by atoms with Crippen molar-refractivity contribution in [3.8, 4) is 0 Å². The normalized spacial score (nSPS) is 28.9. The molecule has 0 fully saturated rings. The van der Waals surface area contributed by atoms with Gasteiger partial charge in [0.05, 0.1) is 0 Å². The largest absolute Gasteiger partial charge is 0.0645 e. The molecule has 0 heteroatoms. The molecule has 1 aliphatic rings. The molecule has 1 aliphatic carbocycles. The highest BCUT2D eigenvalue weighted by Gasteiger charge is 2.33. The van der Waals surface area contributed by atoms with Gasteiger partial charge in [0.25, 0.3) is 0 Å². The van der Waals surface area contributed by atoms with Gasteiger partial charge in [0.2, 0.25) is 0 Å². The minimum atomic E-state index is 0.424. The van der Waals surface area contributed by atoms with Crippen LogP contribution in [0.1, 0.15) is 69.6 Å². The zero-order valence-electron chi connectivity index (χ0n) is 11.1. The molecule has 0 aromatic heterocycles. The topological polar surface area (TPSA) is 0 Å². The summed E-state index contributed by atoms with van der Waals surface area (Å²) in [5, 5.41) is 0. The van der Waals surface area contributed by atoms with Gasteiger partial charge < -0.3 is 0 Å². The molecular formula is C16H24. The van der Waals surface area contributed by atoms with Crippen LogP contribution >= 0.6 is 0 Å². The van der Waals surface area contributed by atoms with Crippen LogP contribution in [0.15, 0.2) is 18.2 Å². The molecule has 0 aliphatic heterocycles. The van der Waals surface area contributed by atoms with Gasteiger partial charge in [-0.1, -0.05) is 45.9 Å². The fourth-order valence-electron chi connectivity index (χ4n) is 2.97. The van der Waals surface area contributed by atoms with E-state index in [0.717, 1.165) is 12.3 Å². The molecule has 0 saturated heterocycles. The quantitative estimate of drug-likeness (QED) is 0.665. The average molecular weight is 216 g/mol. The molecule has 1 aromatic carbocycles. The zero-order valence-corrected chi connectivity index (χ0v) is 11.1. The lowest BCUT2D eigenvalue weighted by molar-refractivity contribution is 0.359. The minimum Gasteiger partial charge on any atom is -0.0645 e. The number of fused-ring (bicyclic) bond motifs is 1. The average Bonchev–Trinajstić information content (AvgIpc) is 2.34. The van der Waals surface area contributed by atoms with E-state index in [-0.39, 0.29) is 0 Å². The molecule has 0 spiro atoms. The molecule has 0 unspecified atom stereocenters. The first-order valence-electron chi connectivity index (χ1n) is 6.74. The third-order valence-electron chi connectivity index (χ3n) is 4.62. The fraction of sp³-hybridized carbons (Fsp3) is 0.625. The van der Waals surface area contributed by atoms with E-state index in [4.69, 9.17) is 0 Å². The molecule has 0 bridgehead atoms. The number of benzene rings is 1. The van der Waals surface area contributed by atoms with Crippen molar-refractivity contribution >= 4 is 0 Å². The van der Waals surface area contributed by atoms with E-state index >= 15 is 0 Å². The van der Waals surface area contributed by atoms with Crippen LogP contribution in [0, 0.1) is 0 Å². The van der Waals surface area contributed by atoms with E-state index in [2.05, 4.69) is 45.9 Å². The lowest BCUT2D eigenvalue weighted by Gasteiger charge is -2.38. The Morgan fingerprint density at radius 1 is 1.31 bits per heavy atom. The number of aryl methyl sites for hydroxylation is 1. The highest BCUT2D eigenvalue weighted by Crippen LogP contribution is 2.44. The van der Waals surface area contributed by atoms with Crippen molar-refractivity contribution < 1.29 is 0 Å². The third-order valence-corrected chi connectivity index (χ3v) is 4.62. The first kappa shape index (κ1) is 11.7. The second-order valence-corrected chi connectivity index (χ2v) is 5.63. The molecule has 88 valence electrons. The summed E-state index contributed by atoms with van der Waals surface area (Å²) in [6.45, 7) is 9.40. The van der Waals surface area contributed by atoms with Crippen molar-refractivity contribution in [2.45, 2.75) is 64.7 Å². The Kier molecular flexibility index (Phi) is 3.10. The third kappa shape index (κ3) is 1.79. The summed E-state index contributed by atoms with van der Waals surface area (Å²) in [6, 6.07) is 7.16. The second-order valence-electron chi connectivity index (χ2n) is 5.63. The molecular weight excluding hydrogens is 192 g/mol. The van der Waals surface area contributed by atoms with Gasteiger partial charge in [-0.3, -0.25) is 0 Å². The predicted octanol–water partition coefficient (Wildman–Crippen LogP) is 4.81. The second kappa shape index (κ2) is 4.24. The molecule has 0 radical (unpaired) electrons. The fourth-order valence-corrected chi connectivity index (χ4v) is 2.97. The first-order chi connectivity index (χ1) is 7.60. The Bertz CT molecular complexity index is 378. The van der Waals surface area contributed by atoms with E-state index < -0.39 is 0 Å². The Labute approximate surface area is 100 Å². The molecule has 2 rings (SSSR count). The van der Waals surface area contributed by atoms with E-state index in [9.17, 15) is 0 Å². The highest BCUT2D eigenvalue weighted by atomic mass is 14.4. The maximum Gasteiger partial charge on any atom is -0.00747 e. The van der Waals surface area contributed by atoms with Crippen LogP contribution < -0.4 is 0 Å². The van der Waals surface area contributed by atoms with Crippen molar-refractivity contribution in [3.05, 3.63) is 34.9 Å². The van der Waals surface area contributed by atoms with E-state index in [1.807, 2.05) is 0 Å². The van der Waals surface area contributed by atoms with Crippen LogP contribution in [0.5, 0.6) is 0 Å². The van der Waals surface area contributed by atoms with Gasteiger partial charge in [0, 0.05) is 0 Å². The maximum absolute atomic E-state index is 2.47. The van der Waals surface area contributed by atoms with Gasteiger partial charge in [-0.05, 0) is 53.7 Å². The number of hydrogen-bond acceptors (Lipinski definition) is 0. The molecule has 2 atom stereocenters. The van der Waals surface area contributed by atoms with Crippen LogP contribution in [-0.2, 0) is 11.8 Å². The molecule has 1 aromatic rings. The van der Waals surface area contributed by atoms with Crippen molar-refractivity contribution in [2.24, 2.45) is 0 Å². The molecule has 0 N–H and O–H groups in total. The van der Waals surface area contributed by atoms with Crippen LogP contribution in [-0.4, -0.2) is 0 Å². The van der Waals surface area contributed by atoms with Crippen molar-refractivity contribution in [3.63, 3.8) is 0 Å². The first-order valence-corrected chi connectivity index (χ1v) is 6.74. The SMILES string of the molecule is CCc1ccc2c(c1)[C@](C)(CC)CC[C@H]2C. The molecule has 0 heterocycles. The molecule has 0 saturated carbocycles. The molecule has 16 heavy (non-hydrogen) atoms. The summed E-state index contributed by atoms with van der Waals surface area (Å²) in [5.41, 5.74) is 5.15. The lowest BCUT2D eigenvalue weighted by Crippen LogP contribution is -2.28. The Morgan fingerprint density at radius 2 is 2.06 bits per heavy atom. The van der Waals surface area contributed by atoms with Crippen LogP contribution in [0.25, 0.3) is 0 Å². The van der Waals surface area contributed by atoms with Gasteiger partial charge in [-0.2, -0.15) is 0 Å². The number of rotatable bonds is 2. The van der Waals surface area contributed by atoms with Crippen molar-refractivity contribution in [1.82, 2.24) is 0 Å². The van der Waals surface area contributed by atoms with Gasteiger partial charge in [0.1, 0.15) is 0 Å². The summed E-state index contributed by atoms with van der Waals surface area (Å²) in [5.74, 6) is 0.750. The summed E-state index contributed by atoms with van der Waals surface area (Å²) in [7, 11) is 0. The monoisotopic (exact) mass is 216 g/mol. The smallest absolute Gasteiger partial charge is 0.00747 e. The summed E-state index contributed by atoms with van der Waals surface area (Å²) in [6.07, 6.45) is 5.12. The van der Waals surface area contributed by atoms with E-state index in [0.29, 0.717) is 5.41 Å². The van der Waals surface area contributed by atoms with Crippen LogP contribution in [0.2, 0.25) is 0 Å². The standard InChI is InChI=1S/C16H24/c1-5-13-7-8-14-12(3)9-10-16(4,6-2)15(14)11-13/h7-8,11-12H,5-6,9-10H2,1-4H3/t12-,16-/m1/s1. The van der Waals surface area contributed by atoms with Gasteiger partial charge in [-0.15, -0.1) is 0 Å². The van der Waals surface area contributed by atoms with Crippen molar-refractivity contribution in [2.75, 3.05) is 0 Å². The van der Waals surface area contributed by atoms with Crippen LogP contribution in [0.4, 0.5) is 0 Å². The summed E-state index contributed by atoms with van der Waals surface area (Å²) < 4.78 is 0. The Balaban J connectivity index is 2.53. The Morgan fingerprint density at radius 3 is 2.69 bits per heavy atom. The summed E-state index contributed by atoms with van der Waals surface area (Å²) in [4.78, 5) is 0. The maximum atomic E-state index is 2.47. The summed E-state index contributed by atoms with van der Waals surface area (Å²) >= 11 is 0. The Hall–Kier alpha value is -0.780. The number of hydrogen-bond donors (Lipinski definition) is 0. The van der Waals surface area contributed by atoms with Gasteiger partial charge >= 0.3 is 0 Å². The van der Waals surface area contributed by atoms with Crippen molar-refractivity contribution in [1.29, 1.82) is 0 Å². The van der Waals surface area contributed by atoms with E-state index in [1.54, 1.807) is 11.1 Å². The molecule has 0 amide bonds. The zero-order chi connectivity index (χ0) is 11.8. The van der Waals surface area contributed by atoms with E-state index in [1.165, 1.54) is 24.8 Å². The highest BCUT2D eigenvalue weighted by molar-refractivity contribution is 5.41. The molecule has 0 nitrogen and oxygen atoms in total. The lowest BCUT2D eigenvalue weighted by atomic mass is 9.66. The predicted molar refractivity (Wildman–Crippen MR) is 71.1 cm³/mol. The van der Waals surface area contributed by atoms with Gasteiger partial charge in [-0.25, -0.2) is 0 Å². The van der Waals surface area contributed by atoms with Crippen LogP contribution in [0.3, 0.4) is 0 Å².